The van der Waals surface area contributed by atoms with E-state index in [2.05, 4.69) is 41.4 Å². The molecule has 0 bridgehead atoms. The Labute approximate surface area is 253 Å². The number of fused-ring (bicyclic) bond motifs is 1. The van der Waals surface area contributed by atoms with Crippen LogP contribution in [0.3, 0.4) is 0 Å². The van der Waals surface area contributed by atoms with Crippen molar-refractivity contribution in [3.8, 4) is 0 Å². The van der Waals surface area contributed by atoms with Gasteiger partial charge < -0.3 is 41.1 Å². The van der Waals surface area contributed by atoms with Crippen LogP contribution in [-0.2, 0) is 9.53 Å². The summed E-state index contributed by atoms with van der Waals surface area (Å²) in [7, 11) is 0. The monoisotopic (exact) mass is 598 g/mol. The van der Waals surface area contributed by atoms with Crippen molar-refractivity contribution in [2.45, 2.75) is 63.4 Å². The average molecular weight is 599 g/mol. The first-order chi connectivity index (χ1) is 20.1. The first-order valence-corrected chi connectivity index (χ1v) is 15.2. The minimum Gasteiger partial charge on any atom is -0.444 e. The first-order valence-electron chi connectivity index (χ1n) is 14.8. The molecule has 0 radical (unpaired) electrons. The van der Waals surface area contributed by atoms with Gasteiger partial charge in [0.15, 0.2) is 0 Å². The Kier molecular flexibility index (Phi) is 9.29. The largest absolute Gasteiger partial charge is 0.444 e. The Morgan fingerprint density at radius 1 is 1.14 bits per heavy atom. The minimum absolute atomic E-state index is 0.105. The molecule has 228 valence electrons. The van der Waals surface area contributed by atoms with Gasteiger partial charge in [-0.3, -0.25) is 4.79 Å². The number of piperidine rings is 1. The molecule has 2 amide bonds. The number of amides is 2. The second kappa shape index (κ2) is 12.9. The highest BCUT2D eigenvalue weighted by Gasteiger charge is 2.45. The predicted octanol–water partition coefficient (Wildman–Crippen LogP) is 2.44. The number of nitrogens with one attached hydrogen (secondary N) is 5. The molecular formula is C30H43ClN8O3. The van der Waals surface area contributed by atoms with Crippen molar-refractivity contribution in [2.75, 3.05) is 45.8 Å². The van der Waals surface area contributed by atoms with Crippen LogP contribution in [0, 0.1) is 0 Å². The number of hydrogen-bond acceptors (Lipinski definition) is 9. The molecule has 0 aliphatic carbocycles. The molecule has 2 atom stereocenters. The van der Waals surface area contributed by atoms with E-state index >= 15 is 0 Å². The number of aliphatic imine (C=N–C) groups is 1. The summed E-state index contributed by atoms with van der Waals surface area (Å²) in [5.41, 5.74) is 0.226. The molecule has 0 aromatic heterocycles. The highest BCUT2D eigenvalue weighted by atomic mass is 35.5. The summed E-state index contributed by atoms with van der Waals surface area (Å²) >= 11 is 6.19. The van der Waals surface area contributed by atoms with E-state index in [1.54, 1.807) is 6.34 Å². The van der Waals surface area contributed by atoms with E-state index in [1.165, 1.54) is 0 Å². The molecule has 1 aromatic carbocycles. The lowest BCUT2D eigenvalue weighted by molar-refractivity contribution is -0.130. The second-order valence-electron chi connectivity index (χ2n) is 12.3. The number of likely N-dealkylation sites (tertiary alicyclic amines) is 1. The lowest BCUT2D eigenvalue weighted by Crippen LogP contribution is -2.64. The molecule has 5 rings (SSSR count). The maximum Gasteiger partial charge on any atom is 0.408 e. The van der Waals surface area contributed by atoms with E-state index in [4.69, 9.17) is 16.3 Å². The Bertz CT molecular complexity index is 1210. The molecular weight excluding hydrogens is 556 g/mol. The Hall–Kier alpha value is -3.28. The van der Waals surface area contributed by atoms with Crippen molar-refractivity contribution in [1.82, 2.24) is 36.4 Å². The summed E-state index contributed by atoms with van der Waals surface area (Å²) in [5.74, 6) is 0.766. The molecule has 1 unspecified atom stereocenters. The van der Waals surface area contributed by atoms with Gasteiger partial charge in [0, 0.05) is 56.4 Å². The average Bonchev–Trinajstić information content (AvgIpc) is 3.45. The van der Waals surface area contributed by atoms with Crippen LogP contribution in [0.2, 0.25) is 5.02 Å². The third-order valence-corrected chi connectivity index (χ3v) is 8.39. The lowest BCUT2D eigenvalue weighted by atomic mass is 9.85. The zero-order valence-electron chi connectivity index (χ0n) is 24.7. The fraction of sp³-hybridized carbons (Fsp3) is 0.567. The number of alkyl carbamates (subject to hydrolysis) is 1. The molecule has 11 nitrogen and oxygen atoms in total. The Morgan fingerprint density at radius 3 is 2.55 bits per heavy atom. The standard InChI is InChI=1S/C30H43ClN8O3/c1-29(2,3)42-28(41)37-30(10-16-39(17-11-30)26-23-8-12-33-25(23)34-20-35-26)27(40)36-24(21-4-6-22(31)7-5-21)9-15-38-18-13-32-14-19-38/h4-8,12,20,24-25,32-33H,9-11,13-19H2,1-3H3,(H,34,35)(H,36,40)(H,37,41)/t24-,25?/m0/s1. The van der Waals surface area contributed by atoms with Gasteiger partial charge in [-0.1, -0.05) is 23.7 Å². The maximum atomic E-state index is 14.3. The zero-order chi connectivity index (χ0) is 29.7. The molecule has 2 saturated heterocycles. The molecule has 12 heteroatoms. The molecule has 2 fully saturated rings. The lowest BCUT2D eigenvalue weighted by Gasteiger charge is -2.44. The summed E-state index contributed by atoms with van der Waals surface area (Å²) in [6.45, 7) is 11.3. The summed E-state index contributed by atoms with van der Waals surface area (Å²) in [4.78, 5) is 36.4. The summed E-state index contributed by atoms with van der Waals surface area (Å²) in [6, 6.07) is 7.39. The van der Waals surface area contributed by atoms with Crippen LogP contribution in [0.5, 0.6) is 0 Å². The SMILES string of the molecule is CC(C)(C)OC(=O)NC1(C(=O)N[C@@H](CCN2CCNCC2)c2ccc(Cl)cc2)CCN(C2=C3C=CNC3N=CN2)CC1. The molecule has 0 spiro atoms. The number of ether oxygens (including phenoxy) is 1. The van der Waals surface area contributed by atoms with Crippen LogP contribution in [0.4, 0.5) is 4.79 Å². The molecule has 5 N–H and O–H groups in total. The van der Waals surface area contributed by atoms with Gasteiger partial charge in [-0.25, -0.2) is 9.79 Å². The van der Waals surface area contributed by atoms with E-state index in [9.17, 15) is 9.59 Å². The molecule has 4 aliphatic rings. The molecule has 0 saturated carbocycles. The third-order valence-electron chi connectivity index (χ3n) is 8.14. The van der Waals surface area contributed by atoms with Crippen molar-refractivity contribution < 1.29 is 14.3 Å². The molecule has 1 aromatic rings. The van der Waals surface area contributed by atoms with Gasteiger partial charge >= 0.3 is 6.09 Å². The van der Waals surface area contributed by atoms with Gasteiger partial charge in [-0.15, -0.1) is 0 Å². The predicted molar refractivity (Wildman–Crippen MR) is 164 cm³/mol. The smallest absolute Gasteiger partial charge is 0.408 e. The number of halogens is 1. The molecule has 4 heterocycles. The van der Waals surface area contributed by atoms with Crippen LogP contribution in [0.15, 0.2) is 52.9 Å². The van der Waals surface area contributed by atoms with Crippen molar-refractivity contribution in [2.24, 2.45) is 4.99 Å². The topological polar surface area (TPSA) is 122 Å². The minimum atomic E-state index is -1.13. The number of carbonyl (C=O) groups excluding carboxylic acids is 2. The number of hydrogen-bond donors (Lipinski definition) is 5. The number of piperazine rings is 1. The van der Waals surface area contributed by atoms with E-state index in [1.807, 2.05) is 57.3 Å². The summed E-state index contributed by atoms with van der Waals surface area (Å²) in [5, 5.41) is 16.9. The maximum absolute atomic E-state index is 14.3. The summed E-state index contributed by atoms with van der Waals surface area (Å²) in [6.07, 6.45) is 6.49. The Morgan fingerprint density at radius 2 is 1.86 bits per heavy atom. The van der Waals surface area contributed by atoms with Gasteiger partial charge in [-0.2, -0.15) is 0 Å². The number of benzene rings is 1. The highest BCUT2D eigenvalue weighted by Crippen LogP contribution is 2.30. The van der Waals surface area contributed by atoms with Crippen LogP contribution >= 0.6 is 11.6 Å². The van der Waals surface area contributed by atoms with Gasteiger partial charge in [0.05, 0.1) is 12.4 Å². The van der Waals surface area contributed by atoms with Gasteiger partial charge in [-0.05, 0) is 70.0 Å². The second-order valence-corrected chi connectivity index (χ2v) is 12.7. The fourth-order valence-electron chi connectivity index (χ4n) is 5.85. The molecule has 42 heavy (non-hydrogen) atoms. The van der Waals surface area contributed by atoms with E-state index < -0.39 is 17.2 Å². The normalized spacial score (nSPS) is 22.6. The zero-order valence-corrected chi connectivity index (χ0v) is 25.5. The third kappa shape index (κ3) is 7.37. The van der Waals surface area contributed by atoms with Crippen LogP contribution in [-0.4, -0.2) is 91.3 Å². The summed E-state index contributed by atoms with van der Waals surface area (Å²) < 4.78 is 5.62. The fourth-order valence-corrected chi connectivity index (χ4v) is 5.98. The Balaban J connectivity index is 1.35. The van der Waals surface area contributed by atoms with Crippen LogP contribution in [0.1, 0.15) is 51.6 Å². The number of carbonyl (C=O) groups is 2. The number of rotatable bonds is 8. The first kappa shape index (κ1) is 30.2. The van der Waals surface area contributed by atoms with E-state index in [0.717, 1.165) is 56.1 Å². The molecule has 4 aliphatic heterocycles. The highest BCUT2D eigenvalue weighted by molar-refractivity contribution is 6.30. The van der Waals surface area contributed by atoms with Gasteiger partial charge in [0.1, 0.15) is 23.1 Å². The quantitative estimate of drug-likeness (QED) is 0.309. The van der Waals surface area contributed by atoms with Gasteiger partial charge in [0.25, 0.3) is 0 Å². The van der Waals surface area contributed by atoms with Crippen LogP contribution < -0.4 is 26.6 Å². The van der Waals surface area contributed by atoms with Crippen LogP contribution in [0.25, 0.3) is 0 Å². The van der Waals surface area contributed by atoms with Gasteiger partial charge in [0.2, 0.25) is 5.91 Å². The van der Waals surface area contributed by atoms with Crippen molar-refractivity contribution in [3.63, 3.8) is 0 Å². The van der Waals surface area contributed by atoms with Crippen molar-refractivity contribution in [3.05, 3.63) is 58.5 Å². The van der Waals surface area contributed by atoms with Crippen molar-refractivity contribution in [1.29, 1.82) is 0 Å². The number of nitrogens with zero attached hydrogens (tertiary/aromatic N) is 3. The van der Waals surface area contributed by atoms with E-state index in [-0.39, 0.29) is 18.1 Å². The van der Waals surface area contributed by atoms with E-state index in [0.29, 0.717) is 31.0 Å². The van der Waals surface area contributed by atoms with Crippen molar-refractivity contribution >= 4 is 29.9 Å².